The first-order chi connectivity index (χ1) is 8.72. The van der Waals surface area contributed by atoms with Gasteiger partial charge in [0.05, 0.1) is 23.2 Å². The Hall–Kier alpha value is -1.61. The van der Waals surface area contributed by atoms with Crippen molar-refractivity contribution in [1.29, 1.82) is 0 Å². The van der Waals surface area contributed by atoms with Gasteiger partial charge in [0.25, 0.3) is 0 Å². The summed E-state index contributed by atoms with van der Waals surface area (Å²) < 4.78 is 17.5. The number of rotatable bonds is 4. The van der Waals surface area contributed by atoms with E-state index < -0.39 is 10.8 Å². The molecule has 2 aromatic carbocycles. The van der Waals surface area contributed by atoms with Crippen LogP contribution in [0, 0.1) is 0 Å². The van der Waals surface area contributed by atoms with E-state index in [1.807, 2.05) is 61.5 Å². The zero-order chi connectivity index (χ0) is 13.0. The van der Waals surface area contributed by atoms with Gasteiger partial charge in [-0.15, -0.1) is 0 Å². The van der Waals surface area contributed by atoms with Gasteiger partial charge in [-0.3, -0.25) is 4.21 Å². The standard InChI is InChI=1S/C15H16O2S/c1-12(13-8-10-14(17-2)11-9-13)18(16)15-6-4-3-5-7-15/h3-12H,1-2H3. The van der Waals surface area contributed by atoms with E-state index in [1.54, 1.807) is 7.11 Å². The van der Waals surface area contributed by atoms with Gasteiger partial charge in [-0.25, -0.2) is 0 Å². The van der Waals surface area contributed by atoms with Gasteiger partial charge in [-0.05, 0) is 36.8 Å². The van der Waals surface area contributed by atoms with Gasteiger partial charge in [0.1, 0.15) is 5.75 Å². The van der Waals surface area contributed by atoms with Crippen molar-refractivity contribution in [2.75, 3.05) is 7.11 Å². The molecule has 0 aliphatic heterocycles. The molecule has 0 saturated heterocycles. The molecule has 0 amide bonds. The molecule has 0 radical (unpaired) electrons. The van der Waals surface area contributed by atoms with E-state index in [-0.39, 0.29) is 5.25 Å². The first-order valence-electron chi connectivity index (χ1n) is 5.82. The Morgan fingerprint density at radius 2 is 1.61 bits per heavy atom. The van der Waals surface area contributed by atoms with Crippen LogP contribution >= 0.6 is 0 Å². The molecule has 0 spiro atoms. The number of ether oxygens (including phenoxy) is 1. The molecule has 2 aromatic rings. The van der Waals surface area contributed by atoms with Crippen molar-refractivity contribution >= 4 is 10.8 Å². The van der Waals surface area contributed by atoms with Gasteiger partial charge in [0.2, 0.25) is 0 Å². The average Bonchev–Trinajstić information content (AvgIpc) is 2.47. The average molecular weight is 260 g/mol. The Labute approximate surface area is 110 Å². The fourth-order valence-electron chi connectivity index (χ4n) is 1.76. The lowest BCUT2D eigenvalue weighted by Crippen LogP contribution is -2.03. The van der Waals surface area contributed by atoms with Crippen molar-refractivity contribution in [3.8, 4) is 5.75 Å². The molecule has 0 aliphatic rings. The minimum atomic E-state index is -1.03. The number of hydrogen-bond donors (Lipinski definition) is 0. The van der Waals surface area contributed by atoms with Crippen LogP contribution in [0.2, 0.25) is 0 Å². The molecule has 0 heterocycles. The summed E-state index contributed by atoms with van der Waals surface area (Å²) in [4.78, 5) is 0.862. The minimum absolute atomic E-state index is 0.0293. The second kappa shape index (κ2) is 5.83. The van der Waals surface area contributed by atoms with E-state index in [1.165, 1.54) is 0 Å². The van der Waals surface area contributed by atoms with E-state index in [9.17, 15) is 4.21 Å². The molecule has 0 N–H and O–H groups in total. The predicted molar refractivity (Wildman–Crippen MR) is 74.3 cm³/mol. The SMILES string of the molecule is COc1ccc(C(C)S(=O)c2ccccc2)cc1. The van der Waals surface area contributed by atoms with Crippen LogP contribution in [0.5, 0.6) is 5.75 Å². The Morgan fingerprint density at radius 1 is 1.00 bits per heavy atom. The highest BCUT2D eigenvalue weighted by molar-refractivity contribution is 7.85. The first-order valence-corrected chi connectivity index (χ1v) is 7.03. The molecule has 18 heavy (non-hydrogen) atoms. The van der Waals surface area contributed by atoms with Crippen LogP contribution in [0.4, 0.5) is 0 Å². The molecule has 0 saturated carbocycles. The second-order valence-corrected chi connectivity index (χ2v) is 5.80. The highest BCUT2D eigenvalue weighted by atomic mass is 32.2. The minimum Gasteiger partial charge on any atom is -0.497 e. The van der Waals surface area contributed by atoms with Gasteiger partial charge in [-0.2, -0.15) is 0 Å². The van der Waals surface area contributed by atoms with Crippen LogP contribution in [-0.4, -0.2) is 11.3 Å². The highest BCUT2D eigenvalue weighted by Crippen LogP contribution is 2.26. The number of benzene rings is 2. The van der Waals surface area contributed by atoms with Crippen LogP contribution in [-0.2, 0) is 10.8 Å². The Bertz CT molecular complexity index is 520. The third kappa shape index (κ3) is 2.79. The summed E-state index contributed by atoms with van der Waals surface area (Å²) in [6.07, 6.45) is 0. The first kappa shape index (κ1) is 12.8. The third-order valence-corrected chi connectivity index (χ3v) is 4.53. The van der Waals surface area contributed by atoms with Crippen molar-refractivity contribution in [1.82, 2.24) is 0 Å². The van der Waals surface area contributed by atoms with Crippen LogP contribution in [0.3, 0.4) is 0 Å². The molecule has 94 valence electrons. The zero-order valence-electron chi connectivity index (χ0n) is 10.5. The quantitative estimate of drug-likeness (QED) is 0.840. The number of hydrogen-bond acceptors (Lipinski definition) is 2. The maximum Gasteiger partial charge on any atom is 0.118 e. The zero-order valence-corrected chi connectivity index (χ0v) is 11.3. The maximum atomic E-state index is 12.4. The summed E-state index contributed by atoms with van der Waals surface area (Å²) in [5.74, 6) is 0.816. The van der Waals surface area contributed by atoms with Crippen LogP contribution in [0.1, 0.15) is 17.7 Å². The fourth-order valence-corrected chi connectivity index (χ4v) is 3.00. The summed E-state index contributed by atoms with van der Waals surface area (Å²) in [5.41, 5.74) is 1.05. The van der Waals surface area contributed by atoms with Gasteiger partial charge >= 0.3 is 0 Å². The smallest absolute Gasteiger partial charge is 0.118 e. The van der Waals surface area contributed by atoms with Crippen LogP contribution in [0.25, 0.3) is 0 Å². The monoisotopic (exact) mass is 260 g/mol. The fraction of sp³-hybridized carbons (Fsp3) is 0.200. The highest BCUT2D eigenvalue weighted by Gasteiger charge is 2.15. The van der Waals surface area contributed by atoms with Crippen LogP contribution < -0.4 is 4.74 Å². The summed E-state index contributed by atoms with van der Waals surface area (Å²) in [6.45, 7) is 1.98. The van der Waals surface area contributed by atoms with E-state index >= 15 is 0 Å². The van der Waals surface area contributed by atoms with Gasteiger partial charge in [0.15, 0.2) is 0 Å². The summed E-state index contributed by atoms with van der Waals surface area (Å²) in [5, 5.41) is -0.0293. The van der Waals surface area contributed by atoms with Gasteiger partial charge in [-0.1, -0.05) is 30.3 Å². The molecule has 0 fully saturated rings. The molecule has 2 unspecified atom stereocenters. The Kier molecular flexibility index (Phi) is 4.15. The molecule has 0 aliphatic carbocycles. The normalized spacial score (nSPS) is 13.9. The van der Waals surface area contributed by atoms with E-state index in [0.29, 0.717) is 0 Å². The lowest BCUT2D eigenvalue weighted by atomic mass is 10.2. The van der Waals surface area contributed by atoms with Crippen molar-refractivity contribution in [2.24, 2.45) is 0 Å². The molecule has 2 rings (SSSR count). The molecule has 2 nitrogen and oxygen atoms in total. The molecule has 3 heteroatoms. The van der Waals surface area contributed by atoms with Crippen LogP contribution in [0.15, 0.2) is 59.5 Å². The van der Waals surface area contributed by atoms with Crippen molar-refractivity contribution in [2.45, 2.75) is 17.1 Å². The molecule has 0 aromatic heterocycles. The molecule has 0 bridgehead atoms. The van der Waals surface area contributed by atoms with Gasteiger partial charge in [0, 0.05) is 4.90 Å². The maximum absolute atomic E-state index is 12.4. The topological polar surface area (TPSA) is 26.3 Å². The molecular weight excluding hydrogens is 244 g/mol. The molecule has 2 atom stereocenters. The van der Waals surface area contributed by atoms with E-state index in [0.717, 1.165) is 16.2 Å². The largest absolute Gasteiger partial charge is 0.497 e. The lowest BCUT2D eigenvalue weighted by Gasteiger charge is -2.12. The van der Waals surface area contributed by atoms with Crippen molar-refractivity contribution in [3.63, 3.8) is 0 Å². The van der Waals surface area contributed by atoms with E-state index in [2.05, 4.69) is 0 Å². The summed E-state index contributed by atoms with van der Waals surface area (Å²) in [6, 6.07) is 17.3. The Balaban J connectivity index is 2.20. The molecular formula is C15H16O2S. The second-order valence-electron chi connectivity index (χ2n) is 4.03. The van der Waals surface area contributed by atoms with Gasteiger partial charge < -0.3 is 4.74 Å². The number of methoxy groups -OCH3 is 1. The van der Waals surface area contributed by atoms with E-state index in [4.69, 9.17) is 4.74 Å². The lowest BCUT2D eigenvalue weighted by molar-refractivity contribution is 0.414. The van der Waals surface area contributed by atoms with Crippen molar-refractivity contribution in [3.05, 3.63) is 60.2 Å². The third-order valence-electron chi connectivity index (χ3n) is 2.88. The summed E-state index contributed by atoms with van der Waals surface area (Å²) >= 11 is 0. The predicted octanol–water partition coefficient (Wildman–Crippen LogP) is 3.56. The Morgan fingerprint density at radius 3 is 2.17 bits per heavy atom. The van der Waals surface area contributed by atoms with Crippen molar-refractivity contribution < 1.29 is 8.95 Å². The summed E-state index contributed by atoms with van der Waals surface area (Å²) in [7, 11) is 0.611.